The molecule has 1 atom stereocenters. The molecule has 1 N–H and O–H groups in total. The van der Waals surface area contributed by atoms with Crippen LogP contribution in [0.4, 0.5) is 11.4 Å². The Kier molecular flexibility index (Phi) is 5.12. The Morgan fingerprint density at radius 2 is 2.16 bits per heavy atom. The molecular weight excluding hydrogens is 314 g/mol. The van der Waals surface area contributed by atoms with Crippen molar-refractivity contribution >= 4 is 23.2 Å². The second-order valence-corrected chi connectivity index (χ2v) is 6.56. The molecule has 1 aromatic carbocycles. The number of fused-ring (bicyclic) bond motifs is 1. The Morgan fingerprint density at radius 3 is 2.88 bits per heavy atom. The summed E-state index contributed by atoms with van der Waals surface area (Å²) in [5.74, 6) is 0.373. The van der Waals surface area contributed by atoms with Crippen LogP contribution in [0.25, 0.3) is 0 Å². The van der Waals surface area contributed by atoms with E-state index in [2.05, 4.69) is 24.1 Å². The van der Waals surface area contributed by atoms with E-state index in [1.54, 1.807) is 29.4 Å². The number of aromatic nitrogens is 1. The van der Waals surface area contributed by atoms with Crippen molar-refractivity contribution < 1.29 is 9.59 Å². The standard InChI is InChI=1S/C20H23N3O2/c1-3-14(2)11-19(24)22-17-6-7-18-15(12-17)8-10-23(18)20(25)16-5-4-9-21-13-16/h4-7,9,12-14H,3,8,10-11H2,1-2H3,(H,22,24). The number of hydrogen-bond acceptors (Lipinski definition) is 3. The molecule has 2 heterocycles. The van der Waals surface area contributed by atoms with Gasteiger partial charge in [0.2, 0.25) is 5.91 Å². The molecule has 0 fully saturated rings. The van der Waals surface area contributed by atoms with Gasteiger partial charge in [0.25, 0.3) is 5.91 Å². The van der Waals surface area contributed by atoms with Crippen molar-refractivity contribution in [2.45, 2.75) is 33.1 Å². The summed E-state index contributed by atoms with van der Waals surface area (Å²) in [6.45, 7) is 4.80. The van der Waals surface area contributed by atoms with Gasteiger partial charge >= 0.3 is 0 Å². The molecule has 0 radical (unpaired) electrons. The third-order valence-electron chi connectivity index (χ3n) is 4.64. The number of amides is 2. The zero-order chi connectivity index (χ0) is 17.8. The molecule has 0 spiro atoms. The molecule has 1 aliphatic rings. The van der Waals surface area contributed by atoms with Gasteiger partial charge in [0.05, 0.1) is 5.56 Å². The molecule has 0 aliphatic carbocycles. The van der Waals surface area contributed by atoms with Crippen molar-refractivity contribution in [3.05, 3.63) is 53.9 Å². The summed E-state index contributed by atoms with van der Waals surface area (Å²) in [4.78, 5) is 30.5. The summed E-state index contributed by atoms with van der Waals surface area (Å²) >= 11 is 0. The first-order chi connectivity index (χ1) is 12.1. The average molecular weight is 337 g/mol. The average Bonchev–Trinajstić information content (AvgIpc) is 3.04. The van der Waals surface area contributed by atoms with E-state index in [-0.39, 0.29) is 11.8 Å². The summed E-state index contributed by atoms with van der Waals surface area (Å²) in [6, 6.07) is 9.29. The van der Waals surface area contributed by atoms with E-state index < -0.39 is 0 Å². The van der Waals surface area contributed by atoms with Gasteiger partial charge in [-0.2, -0.15) is 0 Å². The van der Waals surface area contributed by atoms with Gasteiger partial charge in [0.15, 0.2) is 0 Å². The monoisotopic (exact) mass is 337 g/mol. The number of hydrogen-bond donors (Lipinski definition) is 1. The summed E-state index contributed by atoms with van der Waals surface area (Å²) in [6.07, 6.45) is 5.55. The van der Waals surface area contributed by atoms with E-state index in [0.29, 0.717) is 24.4 Å². The lowest BCUT2D eigenvalue weighted by molar-refractivity contribution is -0.117. The fourth-order valence-electron chi connectivity index (χ4n) is 3.01. The normalized spacial score (nSPS) is 14.1. The van der Waals surface area contributed by atoms with Crippen LogP contribution in [0.2, 0.25) is 0 Å². The second-order valence-electron chi connectivity index (χ2n) is 6.56. The molecule has 25 heavy (non-hydrogen) atoms. The van der Waals surface area contributed by atoms with Crippen molar-refractivity contribution in [1.82, 2.24) is 4.98 Å². The minimum Gasteiger partial charge on any atom is -0.326 e. The van der Waals surface area contributed by atoms with Crippen LogP contribution in [0.5, 0.6) is 0 Å². The number of nitrogens with one attached hydrogen (secondary N) is 1. The summed E-state index contributed by atoms with van der Waals surface area (Å²) < 4.78 is 0. The van der Waals surface area contributed by atoms with Crippen molar-refractivity contribution in [2.24, 2.45) is 5.92 Å². The van der Waals surface area contributed by atoms with Gasteiger partial charge in [-0.05, 0) is 48.2 Å². The third-order valence-corrected chi connectivity index (χ3v) is 4.64. The van der Waals surface area contributed by atoms with Gasteiger partial charge < -0.3 is 10.2 Å². The fraction of sp³-hybridized carbons (Fsp3) is 0.350. The minimum atomic E-state index is -0.0413. The van der Waals surface area contributed by atoms with E-state index >= 15 is 0 Å². The molecule has 130 valence electrons. The summed E-state index contributed by atoms with van der Waals surface area (Å²) in [5, 5.41) is 2.96. The molecule has 1 aromatic heterocycles. The maximum Gasteiger partial charge on any atom is 0.259 e. The van der Waals surface area contributed by atoms with Crippen LogP contribution in [0.3, 0.4) is 0 Å². The van der Waals surface area contributed by atoms with Crippen LogP contribution in [0, 0.1) is 5.92 Å². The quantitative estimate of drug-likeness (QED) is 0.906. The van der Waals surface area contributed by atoms with Crippen molar-refractivity contribution in [3.8, 4) is 0 Å². The molecule has 3 rings (SSSR count). The maximum absolute atomic E-state index is 12.6. The molecule has 0 saturated heterocycles. The van der Waals surface area contributed by atoms with E-state index in [1.165, 1.54) is 0 Å². The van der Waals surface area contributed by atoms with Crippen LogP contribution >= 0.6 is 0 Å². The molecule has 0 saturated carbocycles. The van der Waals surface area contributed by atoms with Crippen molar-refractivity contribution in [2.75, 3.05) is 16.8 Å². The Labute approximate surface area is 148 Å². The number of rotatable bonds is 5. The smallest absolute Gasteiger partial charge is 0.259 e. The first-order valence-electron chi connectivity index (χ1n) is 8.73. The van der Waals surface area contributed by atoms with Gasteiger partial charge in [-0.25, -0.2) is 0 Å². The number of benzene rings is 1. The lowest BCUT2D eigenvalue weighted by atomic mass is 10.0. The molecule has 1 unspecified atom stereocenters. The minimum absolute atomic E-state index is 0.0376. The molecule has 1 aliphatic heterocycles. The van der Waals surface area contributed by atoms with Crippen LogP contribution in [0.1, 0.15) is 42.6 Å². The first-order valence-corrected chi connectivity index (χ1v) is 8.73. The molecular formula is C20H23N3O2. The van der Waals surface area contributed by atoms with E-state index in [1.807, 2.05) is 18.2 Å². The SMILES string of the molecule is CCC(C)CC(=O)Nc1ccc2c(c1)CCN2C(=O)c1cccnc1. The highest BCUT2D eigenvalue weighted by atomic mass is 16.2. The Hall–Kier alpha value is -2.69. The number of nitrogens with zero attached hydrogens (tertiary/aromatic N) is 2. The number of anilines is 2. The van der Waals surface area contributed by atoms with Crippen LogP contribution in [-0.4, -0.2) is 23.3 Å². The Morgan fingerprint density at radius 1 is 1.32 bits per heavy atom. The predicted octanol–water partition coefficient (Wildman–Crippen LogP) is 3.66. The molecule has 2 aromatic rings. The zero-order valence-corrected chi connectivity index (χ0v) is 14.7. The predicted molar refractivity (Wildman–Crippen MR) is 98.8 cm³/mol. The lowest BCUT2D eigenvalue weighted by Gasteiger charge is -2.17. The number of carbonyl (C=O) groups excluding carboxylic acids is 2. The molecule has 5 nitrogen and oxygen atoms in total. The maximum atomic E-state index is 12.6. The third kappa shape index (κ3) is 3.87. The zero-order valence-electron chi connectivity index (χ0n) is 14.7. The fourth-order valence-corrected chi connectivity index (χ4v) is 3.01. The summed E-state index contributed by atoms with van der Waals surface area (Å²) in [5.41, 5.74) is 3.37. The van der Waals surface area contributed by atoms with Gasteiger partial charge in [0.1, 0.15) is 0 Å². The number of carbonyl (C=O) groups is 2. The van der Waals surface area contributed by atoms with E-state index in [9.17, 15) is 9.59 Å². The van der Waals surface area contributed by atoms with Crippen molar-refractivity contribution in [3.63, 3.8) is 0 Å². The first kappa shape index (κ1) is 17.1. The Bertz CT molecular complexity index is 774. The van der Waals surface area contributed by atoms with E-state index in [4.69, 9.17) is 0 Å². The highest BCUT2D eigenvalue weighted by Gasteiger charge is 2.26. The van der Waals surface area contributed by atoms with Crippen LogP contribution in [0.15, 0.2) is 42.7 Å². The Balaban J connectivity index is 1.72. The van der Waals surface area contributed by atoms with Crippen molar-refractivity contribution in [1.29, 1.82) is 0 Å². The topological polar surface area (TPSA) is 62.3 Å². The molecule has 0 bridgehead atoms. The second kappa shape index (κ2) is 7.47. The van der Waals surface area contributed by atoms with Crippen LogP contribution < -0.4 is 10.2 Å². The van der Waals surface area contributed by atoms with Crippen LogP contribution in [-0.2, 0) is 11.2 Å². The highest BCUT2D eigenvalue weighted by molar-refractivity contribution is 6.07. The van der Waals surface area contributed by atoms with Gasteiger partial charge in [0, 0.05) is 36.7 Å². The largest absolute Gasteiger partial charge is 0.326 e. The lowest BCUT2D eigenvalue weighted by Crippen LogP contribution is -2.28. The molecule has 5 heteroatoms. The van der Waals surface area contributed by atoms with Gasteiger partial charge in [-0.3, -0.25) is 14.6 Å². The molecule has 2 amide bonds. The number of pyridine rings is 1. The highest BCUT2D eigenvalue weighted by Crippen LogP contribution is 2.31. The van der Waals surface area contributed by atoms with E-state index in [0.717, 1.165) is 29.8 Å². The van der Waals surface area contributed by atoms with Gasteiger partial charge in [-0.1, -0.05) is 20.3 Å². The van der Waals surface area contributed by atoms with Gasteiger partial charge in [-0.15, -0.1) is 0 Å². The summed E-state index contributed by atoms with van der Waals surface area (Å²) in [7, 11) is 0.